The molecule has 0 radical (unpaired) electrons. The van der Waals surface area contributed by atoms with Crippen LogP contribution in [-0.4, -0.2) is 18.4 Å². The molecular weight excluding hydrogens is 388 g/mol. The average Bonchev–Trinajstić information content (AvgIpc) is 2.75. The zero-order valence-corrected chi connectivity index (χ0v) is 18.1. The van der Waals surface area contributed by atoms with Crippen molar-refractivity contribution in [2.75, 3.05) is 17.2 Å². The largest absolute Gasteiger partial charge is 0.493 e. The van der Waals surface area contributed by atoms with Crippen LogP contribution < -0.4 is 15.4 Å². The van der Waals surface area contributed by atoms with Gasteiger partial charge in [0.2, 0.25) is 0 Å². The van der Waals surface area contributed by atoms with Gasteiger partial charge in [-0.1, -0.05) is 43.7 Å². The monoisotopic (exact) mass is 416 g/mol. The van der Waals surface area contributed by atoms with Crippen LogP contribution in [0.25, 0.3) is 0 Å². The molecule has 160 valence electrons. The Morgan fingerprint density at radius 3 is 2.13 bits per heavy atom. The lowest BCUT2D eigenvalue weighted by Crippen LogP contribution is -2.15. The van der Waals surface area contributed by atoms with E-state index in [2.05, 4.69) is 24.5 Å². The maximum absolute atomic E-state index is 12.8. The zero-order chi connectivity index (χ0) is 22.2. The Kier molecular flexibility index (Phi) is 7.44. The number of hydrogen-bond acceptors (Lipinski definition) is 3. The van der Waals surface area contributed by atoms with Crippen molar-refractivity contribution in [1.29, 1.82) is 0 Å². The number of aryl methyl sites for hydroxylation is 1. The van der Waals surface area contributed by atoms with Gasteiger partial charge in [0.05, 0.1) is 12.2 Å². The normalized spacial score (nSPS) is 10.6. The Balaban J connectivity index is 1.62. The molecule has 31 heavy (non-hydrogen) atoms. The van der Waals surface area contributed by atoms with Crippen LogP contribution in [0, 0.1) is 12.8 Å². The first-order valence-corrected chi connectivity index (χ1v) is 10.4. The molecule has 0 aliphatic carbocycles. The maximum atomic E-state index is 12.8. The number of carbonyl (C=O) groups excluding carboxylic acids is 2. The molecule has 0 aliphatic rings. The van der Waals surface area contributed by atoms with Crippen molar-refractivity contribution in [2.24, 2.45) is 5.92 Å². The van der Waals surface area contributed by atoms with Gasteiger partial charge in [-0.2, -0.15) is 0 Å². The fourth-order valence-corrected chi connectivity index (χ4v) is 3.01. The number of carbonyl (C=O) groups is 2. The van der Waals surface area contributed by atoms with Gasteiger partial charge >= 0.3 is 0 Å². The van der Waals surface area contributed by atoms with Crippen LogP contribution in [0.5, 0.6) is 5.75 Å². The van der Waals surface area contributed by atoms with Gasteiger partial charge in [0, 0.05) is 16.9 Å². The molecular formula is C26H28N2O3. The number of hydrogen-bond donors (Lipinski definition) is 2. The van der Waals surface area contributed by atoms with E-state index in [1.165, 1.54) is 0 Å². The summed E-state index contributed by atoms with van der Waals surface area (Å²) in [5, 5.41) is 5.75. The topological polar surface area (TPSA) is 67.4 Å². The fraction of sp³-hybridized carbons (Fsp3) is 0.231. The number of para-hydroxylation sites is 1. The first-order chi connectivity index (χ1) is 14.9. The van der Waals surface area contributed by atoms with Crippen LogP contribution in [0.1, 0.15) is 46.5 Å². The van der Waals surface area contributed by atoms with Crippen LogP contribution in [0.2, 0.25) is 0 Å². The van der Waals surface area contributed by atoms with Crippen molar-refractivity contribution in [2.45, 2.75) is 27.2 Å². The summed E-state index contributed by atoms with van der Waals surface area (Å²) in [4.78, 5) is 25.1. The van der Waals surface area contributed by atoms with Gasteiger partial charge in [0.15, 0.2) is 0 Å². The van der Waals surface area contributed by atoms with Crippen molar-refractivity contribution in [3.05, 3.63) is 89.5 Å². The number of rotatable bonds is 8. The average molecular weight is 417 g/mol. The van der Waals surface area contributed by atoms with Crippen molar-refractivity contribution in [3.63, 3.8) is 0 Å². The van der Waals surface area contributed by atoms with Gasteiger partial charge in [0.25, 0.3) is 11.8 Å². The summed E-state index contributed by atoms with van der Waals surface area (Å²) in [6, 6.07) is 21.7. The van der Waals surface area contributed by atoms with Gasteiger partial charge in [-0.15, -0.1) is 0 Å². The molecule has 3 aromatic rings. The smallest absolute Gasteiger partial charge is 0.259 e. The molecule has 5 nitrogen and oxygen atoms in total. The Morgan fingerprint density at radius 2 is 1.48 bits per heavy atom. The second-order valence-electron chi connectivity index (χ2n) is 7.88. The molecule has 0 bridgehead atoms. The van der Waals surface area contributed by atoms with E-state index in [4.69, 9.17) is 4.74 Å². The Morgan fingerprint density at radius 1 is 0.839 bits per heavy atom. The lowest BCUT2D eigenvalue weighted by Gasteiger charge is -2.13. The lowest BCUT2D eigenvalue weighted by atomic mass is 10.1. The molecule has 0 unspecified atom stereocenters. The van der Waals surface area contributed by atoms with E-state index < -0.39 is 0 Å². The molecule has 0 saturated carbocycles. The van der Waals surface area contributed by atoms with Gasteiger partial charge in [-0.05, 0) is 67.8 Å². The minimum atomic E-state index is -0.239. The molecule has 0 aliphatic heterocycles. The zero-order valence-electron chi connectivity index (χ0n) is 18.1. The summed E-state index contributed by atoms with van der Waals surface area (Å²) in [5.74, 6) is 0.693. The van der Waals surface area contributed by atoms with E-state index in [1.807, 2.05) is 37.3 Å². The molecule has 0 heterocycles. The molecule has 2 N–H and O–H groups in total. The number of amides is 2. The third-order valence-electron chi connectivity index (χ3n) is 4.77. The maximum Gasteiger partial charge on any atom is 0.259 e. The molecule has 0 aromatic heterocycles. The van der Waals surface area contributed by atoms with E-state index in [-0.39, 0.29) is 11.8 Å². The minimum absolute atomic E-state index is 0.173. The Hall–Kier alpha value is -3.60. The second-order valence-corrected chi connectivity index (χ2v) is 7.88. The molecule has 2 amide bonds. The third-order valence-corrected chi connectivity index (χ3v) is 4.77. The third kappa shape index (κ3) is 6.44. The number of ether oxygens (including phenoxy) is 1. The lowest BCUT2D eigenvalue weighted by molar-refractivity contribution is 0.101. The summed E-state index contributed by atoms with van der Waals surface area (Å²) in [5.41, 5.74) is 3.41. The highest BCUT2D eigenvalue weighted by molar-refractivity contribution is 6.07. The highest BCUT2D eigenvalue weighted by Crippen LogP contribution is 2.21. The summed E-state index contributed by atoms with van der Waals surface area (Å²) < 4.78 is 5.81. The van der Waals surface area contributed by atoms with Gasteiger partial charge in [-0.3, -0.25) is 9.59 Å². The van der Waals surface area contributed by atoms with Crippen LogP contribution in [-0.2, 0) is 0 Å². The summed E-state index contributed by atoms with van der Waals surface area (Å²) >= 11 is 0. The Labute approximate surface area is 183 Å². The van der Waals surface area contributed by atoms with Crippen LogP contribution in [0.15, 0.2) is 72.8 Å². The first kappa shape index (κ1) is 22.1. The van der Waals surface area contributed by atoms with E-state index in [9.17, 15) is 9.59 Å². The summed E-state index contributed by atoms with van der Waals surface area (Å²) in [6.45, 7) is 6.78. The van der Waals surface area contributed by atoms with E-state index in [0.717, 1.165) is 12.0 Å². The standard InChI is InChI=1S/C26H28N2O3/c1-18(2)15-16-31-24-10-5-4-9-23(24)26(30)28-22-13-11-21(12-14-22)27-25(29)20-8-6-7-19(3)17-20/h4-14,17-18H,15-16H2,1-3H3,(H,27,29)(H,28,30). The van der Waals surface area contributed by atoms with Gasteiger partial charge < -0.3 is 15.4 Å². The molecule has 0 fully saturated rings. The predicted molar refractivity (Wildman–Crippen MR) is 125 cm³/mol. The van der Waals surface area contributed by atoms with Crippen LogP contribution >= 0.6 is 0 Å². The fourth-order valence-electron chi connectivity index (χ4n) is 3.01. The Bertz CT molecular complexity index is 1040. The minimum Gasteiger partial charge on any atom is -0.493 e. The van der Waals surface area contributed by atoms with Crippen molar-refractivity contribution < 1.29 is 14.3 Å². The quantitative estimate of drug-likeness (QED) is 0.479. The number of anilines is 2. The highest BCUT2D eigenvalue weighted by atomic mass is 16.5. The van der Waals surface area contributed by atoms with E-state index in [0.29, 0.717) is 40.8 Å². The molecule has 3 rings (SSSR count). The molecule has 0 spiro atoms. The number of nitrogens with one attached hydrogen (secondary N) is 2. The summed E-state index contributed by atoms with van der Waals surface area (Å²) in [7, 11) is 0. The van der Waals surface area contributed by atoms with Gasteiger partial charge in [0.1, 0.15) is 5.75 Å². The summed E-state index contributed by atoms with van der Waals surface area (Å²) in [6.07, 6.45) is 0.922. The second kappa shape index (κ2) is 10.4. The highest BCUT2D eigenvalue weighted by Gasteiger charge is 2.13. The van der Waals surface area contributed by atoms with Crippen LogP contribution in [0.3, 0.4) is 0 Å². The van der Waals surface area contributed by atoms with Crippen molar-refractivity contribution in [3.8, 4) is 5.75 Å². The number of benzene rings is 3. The van der Waals surface area contributed by atoms with E-state index in [1.54, 1.807) is 42.5 Å². The molecule has 0 atom stereocenters. The molecule has 3 aromatic carbocycles. The molecule has 0 saturated heterocycles. The van der Waals surface area contributed by atoms with Crippen molar-refractivity contribution >= 4 is 23.2 Å². The predicted octanol–water partition coefficient (Wildman–Crippen LogP) is 5.92. The van der Waals surface area contributed by atoms with E-state index >= 15 is 0 Å². The van der Waals surface area contributed by atoms with Crippen molar-refractivity contribution in [1.82, 2.24) is 0 Å². The van der Waals surface area contributed by atoms with Gasteiger partial charge in [-0.25, -0.2) is 0 Å². The molecule has 5 heteroatoms. The van der Waals surface area contributed by atoms with Crippen LogP contribution in [0.4, 0.5) is 11.4 Å². The SMILES string of the molecule is Cc1cccc(C(=O)Nc2ccc(NC(=O)c3ccccc3OCCC(C)C)cc2)c1. The first-order valence-electron chi connectivity index (χ1n) is 10.4.